The van der Waals surface area contributed by atoms with Gasteiger partial charge in [-0.2, -0.15) is 5.26 Å². The smallest absolute Gasteiger partial charge is 0.117 e. The molecule has 2 heteroatoms. The summed E-state index contributed by atoms with van der Waals surface area (Å²) in [4.78, 5) is 0. The third kappa shape index (κ3) is 4.57. The van der Waals surface area contributed by atoms with E-state index in [1.54, 1.807) is 0 Å². The summed E-state index contributed by atoms with van der Waals surface area (Å²) >= 11 is 0. The highest BCUT2D eigenvalue weighted by Gasteiger charge is 2.12. The van der Waals surface area contributed by atoms with E-state index in [1.807, 2.05) is 0 Å². The molecule has 2 nitrogen and oxygen atoms in total. The maximum Gasteiger partial charge on any atom is 0.117 e. The standard InChI is InChI=1S/C11H20N2/c1-6-9(7-2)10(8-12)13-11(3,4)5/h13H,6-7H2,1-5H3. The van der Waals surface area contributed by atoms with Crippen LogP contribution in [0.5, 0.6) is 0 Å². The second-order valence-electron chi connectivity index (χ2n) is 4.17. The minimum Gasteiger partial charge on any atom is -0.372 e. The van der Waals surface area contributed by atoms with Gasteiger partial charge in [-0.25, -0.2) is 0 Å². The topological polar surface area (TPSA) is 35.8 Å². The van der Waals surface area contributed by atoms with Gasteiger partial charge >= 0.3 is 0 Å². The van der Waals surface area contributed by atoms with Crippen molar-refractivity contribution in [1.29, 1.82) is 5.26 Å². The van der Waals surface area contributed by atoms with Gasteiger partial charge in [0, 0.05) is 5.54 Å². The zero-order chi connectivity index (χ0) is 10.5. The van der Waals surface area contributed by atoms with Gasteiger partial charge in [-0.1, -0.05) is 13.8 Å². The lowest BCUT2D eigenvalue weighted by molar-refractivity contribution is 0.476. The molecule has 0 aromatic rings. The quantitative estimate of drug-likeness (QED) is 0.678. The van der Waals surface area contributed by atoms with Crippen molar-refractivity contribution in [2.24, 2.45) is 0 Å². The van der Waals surface area contributed by atoms with Crippen LogP contribution in [-0.4, -0.2) is 5.54 Å². The third-order valence-electron chi connectivity index (χ3n) is 1.82. The van der Waals surface area contributed by atoms with Gasteiger partial charge in [-0.05, 0) is 39.2 Å². The van der Waals surface area contributed by atoms with Gasteiger partial charge in [-0.15, -0.1) is 0 Å². The molecule has 0 saturated carbocycles. The Morgan fingerprint density at radius 3 is 1.92 bits per heavy atom. The predicted octanol–water partition coefficient (Wildman–Crippen LogP) is 2.97. The van der Waals surface area contributed by atoms with Crippen molar-refractivity contribution in [2.45, 2.75) is 53.0 Å². The Kier molecular flexibility index (Phi) is 4.55. The van der Waals surface area contributed by atoms with Crippen molar-refractivity contribution in [1.82, 2.24) is 5.32 Å². The van der Waals surface area contributed by atoms with Crippen LogP contribution >= 0.6 is 0 Å². The zero-order valence-corrected chi connectivity index (χ0v) is 9.36. The second-order valence-corrected chi connectivity index (χ2v) is 4.17. The predicted molar refractivity (Wildman–Crippen MR) is 56.1 cm³/mol. The molecule has 0 fully saturated rings. The van der Waals surface area contributed by atoms with E-state index in [2.05, 4.69) is 46.0 Å². The molecular weight excluding hydrogens is 160 g/mol. The zero-order valence-electron chi connectivity index (χ0n) is 9.36. The van der Waals surface area contributed by atoms with Gasteiger partial charge in [-0.3, -0.25) is 0 Å². The Labute approximate surface area is 81.6 Å². The summed E-state index contributed by atoms with van der Waals surface area (Å²) in [5, 5.41) is 12.2. The number of hydrogen-bond acceptors (Lipinski definition) is 2. The number of nitriles is 1. The van der Waals surface area contributed by atoms with Crippen molar-refractivity contribution in [3.8, 4) is 6.07 Å². The molecule has 13 heavy (non-hydrogen) atoms. The van der Waals surface area contributed by atoms with E-state index >= 15 is 0 Å². The normalized spacial score (nSPS) is 10.5. The molecule has 0 unspecified atom stereocenters. The Morgan fingerprint density at radius 1 is 1.23 bits per heavy atom. The van der Waals surface area contributed by atoms with Crippen LogP contribution < -0.4 is 5.32 Å². The van der Waals surface area contributed by atoms with Crippen LogP contribution in [0.3, 0.4) is 0 Å². The minimum atomic E-state index is -0.0271. The molecule has 0 amide bonds. The maximum atomic E-state index is 8.95. The Morgan fingerprint density at radius 2 is 1.69 bits per heavy atom. The number of rotatable bonds is 3. The second kappa shape index (κ2) is 4.91. The van der Waals surface area contributed by atoms with E-state index in [0.29, 0.717) is 0 Å². The number of nitrogens with one attached hydrogen (secondary N) is 1. The van der Waals surface area contributed by atoms with Gasteiger partial charge in [0.1, 0.15) is 11.8 Å². The molecular formula is C11H20N2. The van der Waals surface area contributed by atoms with E-state index in [9.17, 15) is 0 Å². The summed E-state index contributed by atoms with van der Waals surface area (Å²) in [6, 6.07) is 2.23. The lowest BCUT2D eigenvalue weighted by Crippen LogP contribution is -2.35. The summed E-state index contributed by atoms with van der Waals surface area (Å²) in [6.45, 7) is 10.4. The lowest BCUT2D eigenvalue weighted by atomic mass is 10.0. The third-order valence-corrected chi connectivity index (χ3v) is 1.82. The van der Waals surface area contributed by atoms with E-state index in [1.165, 1.54) is 5.57 Å². The first-order valence-corrected chi connectivity index (χ1v) is 4.84. The fraction of sp³-hybridized carbons (Fsp3) is 0.727. The van der Waals surface area contributed by atoms with Gasteiger partial charge < -0.3 is 5.32 Å². The van der Waals surface area contributed by atoms with E-state index in [-0.39, 0.29) is 5.54 Å². The fourth-order valence-electron chi connectivity index (χ4n) is 1.17. The highest BCUT2D eigenvalue weighted by Crippen LogP contribution is 2.13. The summed E-state index contributed by atoms with van der Waals surface area (Å²) < 4.78 is 0. The molecule has 1 N–H and O–H groups in total. The van der Waals surface area contributed by atoms with Crippen LogP contribution in [0, 0.1) is 11.3 Å². The molecule has 0 rings (SSSR count). The first-order chi connectivity index (χ1) is 5.94. The lowest BCUT2D eigenvalue weighted by Gasteiger charge is -2.22. The molecule has 0 atom stereocenters. The molecule has 74 valence electrons. The largest absolute Gasteiger partial charge is 0.372 e. The molecule has 0 aliphatic heterocycles. The van der Waals surface area contributed by atoms with Crippen molar-refractivity contribution >= 4 is 0 Å². The average Bonchev–Trinajstić information content (AvgIpc) is 2.02. The maximum absolute atomic E-state index is 8.95. The molecule has 0 bridgehead atoms. The minimum absolute atomic E-state index is 0.0271. The summed E-state index contributed by atoms with van der Waals surface area (Å²) in [5.74, 6) is 0. The molecule has 0 radical (unpaired) electrons. The monoisotopic (exact) mass is 180 g/mol. The summed E-state index contributed by atoms with van der Waals surface area (Å²) in [5.41, 5.74) is 1.93. The highest BCUT2D eigenvalue weighted by atomic mass is 15.0. The molecule has 0 aromatic carbocycles. The molecule has 0 heterocycles. The van der Waals surface area contributed by atoms with Crippen LogP contribution in [-0.2, 0) is 0 Å². The van der Waals surface area contributed by atoms with Crippen LogP contribution in [0.15, 0.2) is 11.3 Å². The molecule has 0 aromatic heterocycles. The number of hydrogen-bond donors (Lipinski definition) is 1. The van der Waals surface area contributed by atoms with Gasteiger partial charge in [0.2, 0.25) is 0 Å². The first kappa shape index (κ1) is 12.0. The van der Waals surface area contributed by atoms with Crippen molar-refractivity contribution in [2.75, 3.05) is 0 Å². The number of nitrogens with zero attached hydrogens (tertiary/aromatic N) is 1. The average molecular weight is 180 g/mol. The molecule has 0 spiro atoms. The van der Waals surface area contributed by atoms with Crippen LogP contribution in [0.25, 0.3) is 0 Å². The number of allylic oxidation sites excluding steroid dienone is 2. The van der Waals surface area contributed by atoms with E-state index < -0.39 is 0 Å². The first-order valence-electron chi connectivity index (χ1n) is 4.84. The van der Waals surface area contributed by atoms with Gasteiger partial charge in [0.15, 0.2) is 0 Å². The SMILES string of the molecule is CCC(CC)=C(C#N)NC(C)(C)C. The Hall–Kier alpha value is -0.970. The van der Waals surface area contributed by atoms with Crippen LogP contribution in [0.2, 0.25) is 0 Å². The van der Waals surface area contributed by atoms with E-state index in [0.717, 1.165) is 18.5 Å². The van der Waals surface area contributed by atoms with Crippen molar-refractivity contribution < 1.29 is 0 Å². The summed E-state index contributed by atoms with van der Waals surface area (Å²) in [6.07, 6.45) is 1.89. The van der Waals surface area contributed by atoms with Crippen LogP contribution in [0.1, 0.15) is 47.5 Å². The fourth-order valence-corrected chi connectivity index (χ4v) is 1.17. The van der Waals surface area contributed by atoms with Crippen molar-refractivity contribution in [3.63, 3.8) is 0 Å². The van der Waals surface area contributed by atoms with Crippen LogP contribution in [0.4, 0.5) is 0 Å². The summed E-state index contributed by atoms with van der Waals surface area (Å²) in [7, 11) is 0. The van der Waals surface area contributed by atoms with Gasteiger partial charge in [0.25, 0.3) is 0 Å². The molecule has 0 aliphatic rings. The molecule has 0 aliphatic carbocycles. The highest BCUT2D eigenvalue weighted by molar-refractivity contribution is 5.27. The van der Waals surface area contributed by atoms with E-state index in [4.69, 9.17) is 5.26 Å². The Bertz CT molecular complexity index is 219. The molecule has 0 saturated heterocycles. The Balaban J connectivity index is 4.70. The van der Waals surface area contributed by atoms with Gasteiger partial charge in [0.05, 0.1) is 0 Å². The van der Waals surface area contributed by atoms with Crippen molar-refractivity contribution in [3.05, 3.63) is 11.3 Å².